The Labute approximate surface area is 163 Å². The van der Waals surface area contributed by atoms with Crippen molar-refractivity contribution in [2.24, 2.45) is 4.99 Å². The summed E-state index contributed by atoms with van der Waals surface area (Å²) in [5, 5.41) is 7.82. The Bertz CT molecular complexity index is 616. The molecule has 0 aromatic carbocycles. The Morgan fingerprint density at radius 2 is 2.00 bits per heavy atom. The predicted molar refractivity (Wildman–Crippen MR) is 110 cm³/mol. The van der Waals surface area contributed by atoms with E-state index in [2.05, 4.69) is 46.4 Å². The molecule has 0 radical (unpaired) electrons. The van der Waals surface area contributed by atoms with Gasteiger partial charge in [-0.05, 0) is 27.7 Å². The van der Waals surface area contributed by atoms with Gasteiger partial charge in [0.05, 0.1) is 28.5 Å². The molecule has 0 saturated heterocycles. The van der Waals surface area contributed by atoms with Crippen molar-refractivity contribution in [1.29, 1.82) is 0 Å². The number of halogens is 1. The molecule has 0 spiro atoms. The van der Waals surface area contributed by atoms with Crippen molar-refractivity contribution in [2.75, 3.05) is 13.1 Å². The second-order valence-corrected chi connectivity index (χ2v) is 7.21. The van der Waals surface area contributed by atoms with E-state index in [4.69, 9.17) is 0 Å². The molecule has 0 bridgehead atoms. The molecular formula is C15H24IN5S2. The van der Waals surface area contributed by atoms with Gasteiger partial charge in [0.15, 0.2) is 5.96 Å². The summed E-state index contributed by atoms with van der Waals surface area (Å²) in [6.45, 7) is 10.6. The third-order valence-corrected chi connectivity index (χ3v) is 5.33. The van der Waals surface area contributed by atoms with E-state index in [1.165, 1.54) is 14.8 Å². The summed E-state index contributed by atoms with van der Waals surface area (Å²) in [6.07, 6.45) is 0.920. The molecule has 0 aliphatic carbocycles. The standard InChI is InChI=1S/C15H23N5S2.HI/c1-5-16-15(18-8-13-11(3)19-9-21-13)17-7-6-14-20-10(2)12(4)22-14;/h9H,5-8H2,1-4H3,(H2,16,17,18);1H. The van der Waals surface area contributed by atoms with Crippen molar-refractivity contribution < 1.29 is 0 Å². The minimum absolute atomic E-state index is 0. The third kappa shape index (κ3) is 6.34. The smallest absolute Gasteiger partial charge is 0.191 e. The van der Waals surface area contributed by atoms with Crippen molar-refractivity contribution in [2.45, 2.75) is 40.7 Å². The lowest BCUT2D eigenvalue weighted by Gasteiger charge is -2.10. The van der Waals surface area contributed by atoms with Crippen LogP contribution in [-0.4, -0.2) is 29.0 Å². The molecule has 0 fully saturated rings. The van der Waals surface area contributed by atoms with Crippen LogP contribution in [0.1, 0.15) is 33.1 Å². The summed E-state index contributed by atoms with van der Waals surface area (Å²) in [7, 11) is 0. The van der Waals surface area contributed by atoms with Gasteiger partial charge >= 0.3 is 0 Å². The van der Waals surface area contributed by atoms with Gasteiger partial charge in [-0.15, -0.1) is 46.7 Å². The quantitative estimate of drug-likeness (QED) is 0.390. The Morgan fingerprint density at radius 3 is 2.57 bits per heavy atom. The molecule has 128 valence electrons. The van der Waals surface area contributed by atoms with Crippen LogP contribution in [0.2, 0.25) is 0 Å². The number of aliphatic imine (C=N–C) groups is 1. The molecule has 2 heterocycles. The van der Waals surface area contributed by atoms with Crippen molar-refractivity contribution in [1.82, 2.24) is 20.6 Å². The highest BCUT2D eigenvalue weighted by molar-refractivity contribution is 14.0. The molecule has 5 nitrogen and oxygen atoms in total. The molecule has 23 heavy (non-hydrogen) atoms. The number of aromatic nitrogens is 2. The van der Waals surface area contributed by atoms with Gasteiger partial charge < -0.3 is 10.6 Å². The number of guanidine groups is 1. The van der Waals surface area contributed by atoms with E-state index >= 15 is 0 Å². The van der Waals surface area contributed by atoms with E-state index in [9.17, 15) is 0 Å². The monoisotopic (exact) mass is 465 g/mol. The van der Waals surface area contributed by atoms with Gasteiger partial charge in [-0.3, -0.25) is 0 Å². The largest absolute Gasteiger partial charge is 0.357 e. The van der Waals surface area contributed by atoms with Crippen LogP contribution in [0.5, 0.6) is 0 Å². The molecule has 0 saturated carbocycles. The summed E-state index contributed by atoms with van der Waals surface area (Å²) in [5.41, 5.74) is 4.08. The van der Waals surface area contributed by atoms with Crippen LogP contribution in [0.4, 0.5) is 0 Å². The maximum Gasteiger partial charge on any atom is 0.191 e. The zero-order valence-corrected chi connectivity index (χ0v) is 17.9. The van der Waals surface area contributed by atoms with Crippen molar-refractivity contribution in [3.8, 4) is 0 Å². The molecule has 0 unspecified atom stereocenters. The van der Waals surface area contributed by atoms with Crippen molar-refractivity contribution in [3.63, 3.8) is 0 Å². The highest BCUT2D eigenvalue weighted by atomic mass is 127. The van der Waals surface area contributed by atoms with Gasteiger partial charge in [0, 0.05) is 29.3 Å². The van der Waals surface area contributed by atoms with Gasteiger partial charge in [0.2, 0.25) is 0 Å². The molecule has 0 aliphatic heterocycles. The summed E-state index contributed by atoms with van der Waals surface area (Å²) >= 11 is 3.43. The molecule has 0 atom stereocenters. The lowest BCUT2D eigenvalue weighted by molar-refractivity contribution is 0.796. The second kappa shape index (κ2) is 10.2. The lowest BCUT2D eigenvalue weighted by Crippen LogP contribution is -2.38. The molecular weight excluding hydrogens is 441 g/mol. The number of hydrogen-bond acceptors (Lipinski definition) is 5. The number of nitrogens with zero attached hydrogens (tertiary/aromatic N) is 3. The number of aryl methyl sites for hydroxylation is 3. The fraction of sp³-hybridized carbons (Fsp3) is 0.533. The first-order valence-corrected chi connectivity index (χ1v) is 9.13. The molecule has 8 heteroatoms. The van der Waals surface area contributed by atoms with Crippen LogP contribution in [0.15, 0.2) is 10.5 Å². The van der Waals surface area contributed by atoms with Gasteiger partial charge in [-0.1, -0.05) is 0 Å². The van der Waals surface area contributed by atoms with Crippen LogP contribution in [0.3, 0.4) is 0 Å². The minimum atomic E-state index is 0. The highest BCUT2D eigenvalue weighted by Crippen LogP contribution is 2.16. The van der Waals surface area contributed by atoms with Crippen molar-refractivity contribution in [3.05, 3.63) is 31.7 Å². The van der Waals surface area contributed by atoms with Gasteiger partial charge in [0.25, 0.3) is 0 Å². The molecule has 2 aromatic heterocycles. The highest BCUT2D eigenvalue weighted by Gasteiger charge is 2.05. The second-order valence-electron chi connectivity index (χ2n) is 4.98. The van der Waals surface area contributed by atoms with E-state index < -0.39 is 0 Å². The maximum atomic E-state index is 4.62. The number of hydrogen-bond donors (Lipinski definition) is 2. The third-order valence-electron chi connectivity index (χ3n) is 3.27. The van der Waals surface area contributed by atoms with Gasteiger partial charge in [-0.25, -0.2) is 15.0 Å². The first-order chi connectivity index (χ1) is 10.6. The van der Waals surface area contributed by atoms with Crippen LogP contribution in [0, 0.1) is 20.8 Å². The Balaban J connectivity index is 0.00000264. The number of nitrogens with one attached hydrogen (secondary N) is 2. The summed E-state index contributed by atoms with van der Waals surface area (Å²) in [6, 6.07) is 0. The van der Waals surface area contributed by atoms with E-state index in [0.717, 1.165) is 36.9 Å². The molecule has 2 N–H and O–H groups in total. The molecule has 0 aliphatic rings. The van der Waals surface area contributed by atoms with Crippen LogP contribution >= 0.6 is 46.7 Å². The lowest BCUT2D eigenvalue weighted by atomic mass is 10.4. The molecule has 0 amide bonds. The normalized spacial score (nSPS) is 11.2. The molecule has 2 aromatic rings. The average molecular weight is 465 g/mol. The Hall–Kier alpha value is -0.740. The maximum absolute atomic E-state index is 4.62. The van der Waals surface area contributed by atoms with Crippen LogP contribution in [-0.2, 0) is 13.0 Å². The molecule has 2 rings (SSSR count). The summed E-state index contributed by atoms with van der Waals surface area (Å²) in [4.78, 5) is 15.9. The van der Waals surface area contributed by atoms with Gasteiger partial charge in [0.1, 0.15) is 0 Å². The first kappa shape index (κ1) is 20.3. The number of rotatable bonds is 6. The van der Waals surface area contributed by atoms with E-state index in [0.29, 0.717) is 6.54 Å². The van der Waals surface area contributed by atoms with Gasteiger partial charge in [-0.2, -0.15) is 0 Å². The zero-order valence-electron chi connectivity index (χ0n) is 14.0. The summed E-state index contributed by atoms with van der Waals surface area (Å²) < 4.78 is 0. The average Bonchev–Trinajstić information content (AvgIpc) is 3.02. The van der Waals surface area contributed by atoms with E-state index in [1.807, 2.05) is 12.4 Å². The SMILES string of the molecule is CCNC(=NCc1scnc1C)NCCc1nc(C)c(C)s1.I. The van der Waals surface area contributed by atoms with Crippen LogP contribution in [0.25, 0.3) is 0 Å². The predicted octanol–water partition coefficient (Wildman–Crippen LogP) is 3.44. The Kier molecular flexibility index (Phi) is 9.00. The zero-order chi connectivity index (χ0) is 15.9. The van der Waals surface area contributed by atoms with Crippen molar-refractivity contribution >= 4 is 52.6 Å². The fourth-order valence-corrected chi connectivity index (χ4v) is 3.54. The fourth-order valence-electron chi connectivity index (χ4n) is 1.90. The topological polar surface area (TPSA) is 62.2 Å². The van der Waals surface area contributed by atoms with Crippen LogP contribution < -0.4 is 10.6 Å². The first-order valence-electron chi connectivity index (χ1n) is 7.44. The minimum Gasteiger partial charge on any atom is -0.357 e. The summed E-state index contributed by atoms with van der Waals surface area (Å²) in [5.74, 6) is 0.848. The van der Waals surface area contributed by atoms with E-state index in [-0.39, 0.29) is 24.0 Å². The number of thiazole rings is 2. The van der Waals surface area contributed by atoms with E-state index in [1.54, 1.807) is 22.7 Å². The Morgan fingerprint density at radius 1 is 1.22 bits per heavy atom.